The Morgan fingerprint density at radius 3 is 2.12 bits per heavy atom. The predicted octanol–water partition coefficient (Wildman–Crippen LogP) is 6.79. The fraction of sp³-hybridized carbons (Fsp3) is 0.500. The van der Waals surface area contributed by atoms with E-state index in [9.17, 15) is 9.59 Å². The number of urea groups is 1. The summed E-state index contributed by atoms with van der Waals surface area (Å²) in [6.45, 7) is 22.7. The number of hydrogen-bond donors (Lipinski definition) is 3. The molecule has 0 saturated carbocycles. The van der Waals surface area contributed by atoms with Crippen molar-refractivity contribution < 1.29 is 13.9 Å². The Hall–Kier alpha value is -4.44. The molecule has 0 atom stereocenters. The molecule has 0 unspecified atom stereocenters. The summed E-state index contributed by atoms with van der Waals surface area (Å²) in [5.74, 6) is -0.219. The molecule has 5 rings (SSSR count). The van der Waals surface area contributed by atoms with Crippen LogP contribution in [0.1, 0.15) is 85.7 Å². The summed E-state index contributed by atoms with van der Waals surface area (Å²) >= 11 is 0. The van der Waals surface area contributed by atoms with Gasteiger partial charge < -0.3 is 25.8 Å². The van der Waals surface area contributed by atoms with Crippen LogP contribution in [0.2, 0.25) is 0 Å². The van der Waals surface area contributed by atoms with Gasteiger partial charge in [-0.15, -0.1) is 0 Å². The van der Waals surface area contributed by atoms with Crippen LogP contribution in [-0.2, 0) is 17.9 Å². The van der Waals surface area contributed by atoms with Crippen LogP contribution in [0.25, 0.3) is 5.70 Å². The number of nitrogens with zero attached hydrogens (tertiary/aromatic N) is 5. The number of carbonyl (C=O) groups is 2. The number of piperidine rings is 2. The minimum atomic E-state index is -0.341. The van der Waals surface area contributed by atoms with Gasteiger partial charge in [-0.3, -0.25) is 9.69 Å². The zero-order chi connectivity index (χ0) is 36.1. The van der Waals surface area contributed by atoms with Crippen molar-refractivity contribution in [3.8, 4) is 0 Å². The lowest BCUT2D eigenvalue weighted by atomic mass is 9.85. The van der Waals surface area contributed by atoms with Crippen molar-refractivity contribution in [1.29, 1.82) is 0 Å². The number of aromatic nitrogens is 2. The second-order valence-corrected chi connectivity index (χ2v) is 13.3. The van der Waals surface area contributed by atoms with E-state index in [-0.39, 0.29) is 28.3 Å². The molecule has 3 amide bonds. The van der Waals surface area contributed by atoms with Crippen LogP contribution in [0.5, 0.6) is 0 Å². The molecule has 0 radical (unpaired) electrons. The Kier molecular flexibility index (Phi) is 14.2. The molecule has 10 nitrogen and oxygen atoms in total. The maximum Gasteiger partial charge on any atom is 0.315 e. The Labute approximate surface area is 304 Å². The highest BCUT2D eigenvalue weighted by Gasteiger charge is 2.39. The molecule has 3 N–H and O–H groups in total. The van der Waals surface area contributed by atoms with Crippen molar-refractivity contribution in [3.05, 3.63) is 95.6 Å². The molecule has 0 aliphatic carbocycles. The van der Waals surface area contributed by atoms with E-state index < -0.39 is 0 Å². The molecule has 10 heteroatoms. The maximum absolute atomic E-state index is 12.2. The van der Waals surface area contributed by atoms with Gasteiger partial charge in [-0.2, -0.15) is 0 Å². The van der Waals surface area contributed by atoms with E-state index in [4.69, 9.17) is 0 Å². The van der Waals surface area contributed by atoms with Crippen molar-refractivity contribution in [1.82, 2.24) is 35.7 Å². The van der Waals surface area contributed by atoms with Crippen molar-refractivity contribution in [2.75, 3.05) is 44.2 Å². The fourth-order valence-electron chi connectivity index (χ4n) is 7.12. The SMILES string of the molecule is C=C(c1c(C)ncnc1C)N1CCC(C)(N2CCC(N(Cc3ccccc3)c3ccc(CNC(=O)CNC(=O)NCC)cc3)CC2)CC1.CC.[HH].[HH].[HH]. The van der Waals surface area contributed by atoms with Crippen molar-refractivity contribution in [2.24, 2.45) is 0 Å². The van der Waals surface area contributed by atoms with E-state index in [2.05, 4.69) is 109 Å². The highest BCUT2D eigenvalue weighted by atomic mass is 16.2. The van der Waals surface area contributed by atoms with Crippen molar-refractivity contribution in [2.45, 2.75) is 91.9 Å². The Bertz CT molecular complexity index is 1530. The van der Waals surface area contributed by atoms with Crippen LogP contribution in [0.4, 0.5) is 10.5 Å². The van der Waals surface area contributed by atoms with Gasteiger partial charge in [0.1, 0.15) is 6.33 Å². The topological polar surface area (TPSA) is 106 Å². The first-order chi connectivity index (χ1) is 24.2. The van der Waals surface area contributed by atoms with E-state index in [1.807, 2.05) is 34.6 Å². The Morgan fingerprint density at radius 2 is 1.52 bits per heavy atom. The van der Waals surface area contributed by atoms with Gasteiger partial charge in [-0.1, -0.05) is 62.9 Å². The molecule has 2 aliphatic heterocycles. The van der Waals surface area contributed by atoms with E-state index in [1.165, 1.54) is 11.3 Å². The maximum atomic E-state index is 12.2. The second kappa shape index (κ2) is 18.5. The minimum absolute atomic E-state index is 0. The third-order valence-electron chi connectivity index (χ3n) is 10.1. The van der Waals surface area contributed by atoms with Gasteiger partial charge in [0.05, 0.1) is 17.9 Å². The van der Waals surface area contributed by atoms with Gasteiger partial charge in [0, 0.05) is 78.6 Å². The van der Waals surface area contributed by atoms with Crippen molar-refractivity contribution >= 4 is 23.3 Å². The van der Waals surface area contributed by atoms with Gasteiger partial charge in [0.15, 0.2) is 0 Å². The second-order valence-electron chi connectivity index (χ2n) is 13.3. The van der Waals surface area contributed by atoms with E-state index in [0.29, 0.717) is 19.1 Å². The summed E-state index contributed by atoms with van der Waals surface area (Å²) in [4.78, 5) is 40.4. The number of carbonyl (C=O) groups excluding carboxylic acids is 2. The smallest absolute Gasteiger partial charge is 0.315 e. The first kappa shape index (κ1) is 38.4. The molecule has 0 bridgehead atoms. The summed E-state index contributed by atoms with van der Waals surface area (Å²) in [6.07, 6.45) is 6.06. The highest BCUT2D eigenvalue weighted by Crippen LogP contribution is 2.36. The number of rotatable bonds is 12. The summed E-state index contributed by atoms with van der Waals surface area (Å²) in [7, 11) is 0. The Balaban J connectivity index is 0.00000276. The zero-order valence-electron chi connectivity index (χ0n) is 31.1. The first-order valence-corrected chi connectivity index (χ1v) is 18.3. The van der Waals surface area contributed by atoms with Gasteiger partial charge >= 0.3 is 6.03 Å². The number of benzene rings is 2. The molecule has 1 aromatic heterocycles. The average Bonchev–Trinajstić information content (AvgIpc) is 3.14. The molecule has 3 aromatic rings. The van der Waals surface area contributed by atoms with Gasteiger partial charge in [0.25, 0.3) is 0 Å². The van der Waals surface area contributed by atoms with Crippen molar-refractivity contribution in [3.63, 3.8) is 0 Å². The van der Waals surface area contributed by atoms with Crippen LogP contribution in [0.3, 0.4) is 0 Å². The third kappa shape index (κ3) is 10.1. The van der Waals surface area contributed by atoms with Gasteiger partial charge in [0.2, 0.25) is 5.91 Å². The normalized spacial score (nSPS) is 16.1. The molecule has 0 spiro atoms. The zero-order valence-corrected chi connectivity index (χ0v) is 31.1. The molecule has 2 saturated heterocycles. The number of anilines is 1. The van der Waals surface area contributed by atoms with Crippen LogP contribution in [0.15, 0.2) is 67.5 Å². The van der Waals surface area contributed by atoms with Crippen LogP contribution in [-0.4, -0.2) is 82.6 Å². The Morgan fingerprint density at radius 1 is 0.900 bits per heavy atom. The number of aryl methyl sites for hydroxylation is 2. The number of amides is 3. The van der Waals surface area contributed by atoms with Gasteiger partial charge in [-0.05, 0) is 76.6 Å². The molecule has 3 heterocycles. The van der Waals surface area contributed by atoms with E-state index >= 15 is 0 Å². The summed E-state index contributed by atoms with van der Waals surface area (Å²) in [5.41, 5.74) is 7.80. The molecule has 2 fully saturated rings. The quantitative estimate of drug-likeness (QED) is 0.193. The van der Waals surface area contributed by atoms with Crippen LogP contribution in [0, 0.1) is 13.8 Å². The summed E-state index contributed by atoms with van der Waals surface area (Å²) in [6, 6.07) is 19.3. The largest absolute Gasteiger partial charge is 0.371 e. The van der Waals surface area contributed by atoms with Gasteiger partial charge in [-0.25, -0.2) is 14.8 Å². The number of likely N-dealkylation sites (tertiary alicyclic amines) is 2. The first-order valence-electron chi connectivity index (χ1n) is 18.3. The number of hydrogen-bond acceptors (Lipinski definition) is 7. The molecule has 50 heavy (non-hydrogen) atoms. The minimum Gasteiger partial charge on any atom is -0.371 e. The lowest BCUT2D eigenvalue weighted by Crippen LogP contribution is -2.57. The predicted molar refractivity (Wildman–Crippen MR) is 210 cm³/mol. The summed E-state index contributed by atoms with van der Waals surface area (Å²) in [5, 5.41) is 8.08. The molecular formula is C40H64N8O2. The molecule has 276 valence electrons. The standard InChI is InChI=1S/C38H52N8O2.C2H6.3H2/c1-6-39-37(48)41-25-35(47)40-24-31-12-14-33(15-13-31)46(26-32-10-8-7-9-11-32)34-16-20-45(21-17-34)38(5)18-22-44(23-19-38)30(4)36-28(2)42-27-43-29(36)3;1-2;;;/h7-15,27,34H,4,6,16-26H2,1-3,5H3,(H,40,47)(H2,39,41,48);1-2H3;3*1H. The van der Waals surface area contributed by atoms with Crippen LogP contribution >= 0.6 is 0 Å². The van der Waals surface area contributed by atoms with E-state index in [0.717, 1.165) is 86.6 Å². The number of nitrogens with one attached hydrogen (secondary N) is 3. The van der Waals surface area contributed by atoms with E-state index in [1.54, 1.807) is 6.33 Å². The molecule has 2 aromatic carbocycles. The molecule has 2 aliphatic rings. The lowest BCUT2D eigenvalue weighted by Gasteiger charge is -2.51. The third-order valence-corrected chi connectivity index (χ3v) is 10.1. The highest BCUT2D eigenvalue weighted by molar-refractivity contribution is 5.83. The van der Waals surface area contributed by atoms with Crippen LogP contribution < -0.4 is 20.9 Å². The average molecular weight is 689 g/mol. The fourth-order valence-corrected chi connectivity index (χ4v) is 7.12. The molecular weight excluding hydrogens is 624 g/mol. The monoisotopic (exact) mass is 689 g/mol. The summed E-state index contributed by atoms with van der Waals surface area (Å²) < 4.78 is 0. The lowest BCUT2D eigenvalue weighted by molar-refractivity contribution is -0.120.